The first-order valence-corrected chi connectivity index (χ1v) is 6.61. The number of nitrogens with two attached hydrogens (primary N) is 2. The Morgan fingerprint density at radius 2 is 1.89 bits per heavy atom. The van der Waals surface area contributed by atoms with Crippen LogP contribution in [0.1, 0.15) is 18.3 Å². The molecule has 2 aromatic rings. The second-order valence-corrected chi connectivity index (χ2v) is 4.84. The monoisotopic (exact) mass is 264 g/mol. The van der Waals surface area contributed by atoms with Gasteiger partial charge in [0.05, 0.1) is 5.69 Å². The molecule has 0 unspecified atom stereocenters. The molecule has 0 aliphatic heterocycles. The maximum atomic E-state index is 5.62. The predicted octanol–water partition coefficient (Wildman–Crippen LogP) is 1.23. The lowest BCUT2D eigenvalue weighted by molar-refractivity contribution is 0.719. The van der Waals surface area contributed by atoms with Gasteiger partial charge in [-0.25, -0.2) is 9.97 Å². The Kier molecular flexibility index (Phi) is 3.71. The highest BCUT2D eigenvalue weighted by atomic mass is 32.2. The maximum absolute atomic E-state index is 5.62. The third kappa shape index (κ3) is 2.92. The van der Waals surface area contributed by atoms with E-state index in [1.807, 2.05) is 11.7 Å². The van der Waals surface area contributed by atoms with Gasteiger partial charge in [-0.05, 0) is 12.5 Å². The molecule has 96 valence electrons. The molecule has 6 nitrogen and oxygen atoms in total. The summed E-state index contributed by atoms with van der Waals surface area (Å²) in [5.41, 5.74) is 13.5. The van der Waals surface area contributed by atoms with Gasteiger partial charge < -0.3 is 11.5 Å². The normalized spacial score (nSPS) is 10.8. The first-order valence-electron chi connectivity index (χ1n) is 5.63. The number of rotatable bonds is 4. The van der Waals surface area contributed by atoms with Crippen LogP contribution < -0.4 is 11.5 Å². The van der Waals surface area contributed by atoms with Gasteiger partial charge in [0, 0.05) is 24.6 Å². The van der Waals surface area contributed by atoms with Crippen LogP contribution >= 0.6 is 11.8 Å². The third-order valence-corrected chi connectivity index (χ3v) is 3.36. The van der Waals surface area contributed by atoms with Gasteiger partial charge in [0.1, 0.15) is 11.6 Å². The quantitative estimate of drug-likeness (QED) is 0.637. The third-order valence-electron chi connectivity index (χ3n) is 2.48. The van der Waals surface area contributed by atoms with Gasteiger partial charge >= 0.3 is 0 Å². The Hall–Kier alpha value is -1.76. The Morgan fingerprint density at radius 1 is 1.22 bits per heavy atom. The second-order valence-electron chi connectivity index (χ2n) is 3.89. The first-order chi connectivity index (χ1) is 8.58. The van der Waals surface area contributed by atoms with E-state index in [1.165, 1.54) is 11.8 Å². The second kappa shape index (κ2) is 5.26. The highest BCUT2D eigenvalue weighted by molar-refractivity contribution is 7.98. The summed E-state index contributed by atoms with van der Waals surface area (Å²) in [6.07, 6.45) is 0.931. The topological polar surface area (TPSA) is 95.6 Å². The summed E-state index contributed by atoms with van der Waals surface area (Å²) in [5, 5.41) is 4.98. The molecule has 0 bridgehead atoms. The molecule has 2 rings (SSSR count). The summed E-state index contributed by atoms with van der Waals surface area (Å²) in [5.74, 6) is 1.53. The summed E-state index contributed by atoms with van der Waals surface area (Å²) in [4.78, 5) is 8.25. The van der Waals surface area contributed by atoms with Crippen LogP contribution in [0.2, 0.25) is 0 Å². The van der Waals surface area contributed by atoms with E-state index in [1.54, 1.807) is 6.07 Å². The molecule has 0 saturated carbocycles. The highest BCUT2D eigenvalue weighted by Crippen LogP contribution is 2.21. The van der Waals surface area contributed by atoms with E-state index in [0.29, 0.717) is 16.8 Å². The summed E-state index contributed by atoms with van der Waals surface area (Å²) in [6, 6.07) is 3.63. The van der Waals surface area contributed by atoms with Crippen molar-refractivity contribution < 1.29 is 0 Å². The number of nitrogen functional groups attached to an aromatic ring is 2. The molecule has 7 heteroatoms. The van der Waals surface area contributed by atoms with Gasteiger partial charge in [0.25, 0.3) is 0 Å². The molecule has 0 saturated heterocycles. The molecular weight excluding hydrogens is 248 g/mol. The Bertz CT molecular complexity index is 530. The van der Waals surface area contributed by atoms with Crippen LogP contribution in [0.25, 0.3) is 0 Å². The molecule has 0 radical (unpaired) electrons. The maximum Gasteiger partial charge on any atom is 0.191 e. The van der Waals surface area contributed by atoms with Crippen LogP contribution in [0.3, 0.4) is 0 Å². The van der Waals surface area contributed by atoms with Gasteiger partial charge in [0.15, 0.2) is 5.16 Å². The average molecular weight is 264 g/mol. The number of hydrogen-bond acceptors (Lipinski definition) is 6. The molecule has 0 aliphatic rings. The van der Waals surface area contributed by atoms with Crippen LogP contribution in [0, 0.1) is 0 Å². The molecular formula is C11H16N6S. The summed E-state index contributed by atoms with van der Waals surface area (Å²) in [7, 11) is 1.93. The standard InChI is InChI=1S/C11H16N6S/c1-3-7-4-8(17(2)16-7)6-18-11-14-9(12)5-10(13)15-11/h4-5H,3,6H2,1-2H3,(H4,12,13,14,15). The van der Waals surface area contributed by atoms with Gasteiger partial charge in [-0.1, -0.05) is 18.7 Å². The molecule has 0 aromatic carbocycles. The van der Waals surface area contributed by atoms with Crippen LogP contribution in [-0.4, -0.2) is 19.7 Å². The van der Waals surface area contributed by atoms with Crippen molar-refractivity contribution in [1.29, 1.82) is 0 Å². The van der Waals surface area contributed by atoms with E-state index in [4.69, 9.17) is 11.5 Å². The smallest absolute Gasteiger partial charge is 0.191 e. The number of anilines is 2. The number of hydrogen-bond donors (Lipinski definition) is 2. The van der Waals surface area contributed by atoms with E-state index < -0.39 is 0 Å². The van der Waals surface area contributed by atoms with Gasteiger partial charge in [0.2, 0.25) is 0 Å². The van der Waals surface area contributed by atoms with Crippen molar-refractivity contribution in [1.82, 2.24) is 19.7 Å². The number of aromatic nitrogens is 4. The minimum absolute atomic E-state index is 0.393. The fraction of sp³-hybridized carbons (Fsp3) is 0.364. The number of thioether (sulfide) groups is 1. The first kappa shape index (κ1) is 12.7. The minimum atomic E-state index is 0.393. The molecule has 2 aromatic heterocycles. The van der Waals surface area contributed by atoms with Crippen molar-refractivity contribution in [2.75, 3.05) is 11.5 Å². The molecule has 18 heavy (non-hydrogen) atoms. The van der Waals surface area contributed by atoms with E-state index in [2.05, 4.69) is 28.1 Å². The lowest BCUT2D eigenvalue weighted by Crippen LogP contribution is -2.00. The van der Waals surface area contributed by atoms with Crippen LogP contribution in [0.15, 0.2) is 17.3 Å². The minimum Gasteiger partial charge on any atom is -0.383 e. The van der Waals surface area contributed by atoms with Gasteiger partial charge in [-0.15, -0.1) is 0 Å². The lowest BCUT2D eigenvalue weighted by atomic mass is 10.3. The summed E-state index contributed by atoms with van der Waals surface area (Å²) < 4.78 is 1.88. The zero-order valence-electron chi connectivity index (χ0n) is 10.4. The molecule has 0 spiro atoms. The van der Waals surface area contributed by atoms with Gasteiger partial charge in [-0.2, -0.15) is 5.10 Å². The predicted molar refractivity (Wildman–Crippen MR) is 73.0 cm³/mol. The molecule has 0 atom stereocenters. The van der Waals surface area contributed by atoms with Crippen molar-refractivity contribution in [2.24, 2.45) is 7.05 Å². The largest absolute Gasteiger partial charge is 0.383 e. The average Bonchev–Trinajstić information content (AvgIpc) is 2.66. The van der Waals surface area contributed by atoms with Crippen LogP contribution in [0.5, 0.6) is 0 Å². The van der Waals surface area contributed by atoms with Crippen molar-refractivity contribution in [3.63, 3.8) is 0 Å². The summed E-state index contributed by atoms with van der Waals surface area (Å²) in [6.45, 7) is 2.08. The highest BCUT2D eigenvalue weighted by Gasteiger charge is 2.07. The van der Waals surface area contributed by atoms with E-state index >= 15 is 0 Å². The zero-order valence-corrected chi connectivity index (χ0v) is 11.2. The molecule has 4 N–H and O–H groups in total. The molecule has 0 aliphatic carbocycles. The fourth-order valence-corrected chi connectivity index (χ4v) is 2.43. The molecule has 0 fully saturated rings. The van der Waals surface area contributed by atoms with Crippen LogP contribution in [0.4, 0.5) is 11.6 Å². The van der Waals surface area contributed by atoms with Crippen LogP contribution in [-0.2, 0) is 19.2 Å². The van der Waals surface area contributed by atoms with Crippen molar-refractivity contribution >= 4 is 23.4 Å². The number of aryl methyl sites for hydroxylation is 2. The number of nitrogens with zero attached hydrogens (tertiary/aromatic N) is 4. The zero-order chi connectivity index (χ0) is 13.1. The van der Waals surface area contributed by atoms with Crippen molar-refractivity contribution in [3.8, 4) is 0 Å². The molecule has 2 heterocycles. The van der Waals surface area contributed by atoms with E-state index in [-0.39, 0.29) is 0 Å². The SMILES string of the molecule is CCc1cc(CSc2nc(N)cc(N)n2)n(C)n1. The van der Waals surface area contributed by atoms with E-state index in [9.17, 15) is 0 Å². The Balaban J connectivity index is 2.08. The van der Waals surface area contributed by atoms with Crippen molar-refractivity contribution in [3.05, 3.63) is 23.5 Å². The van der Waals surface area contributed by atoms with E-state index in [0.717, 1.165) is 23.6 Å². The van der Waals surface area contributed by atoms with Gasteiger partial charge in [-0.3, -0.25) is 4.68 Å². The Morgan fingerprint density at radius 3 is 2.44 bits per heavy atom. The Labute approximate surface area is 110 Å². The summed E-state index contributed by atoms with van der Waals surface area (Å²) >= 11 is 1.50. The fourth-order valence-electron chi connectivity index (χ4n) is 1.54. The lowest BCUT2D eigenvalue weighted by Gasteiger charge is -2.03. The molecule has 0 amide bonds. The van der Waals surface area contributed by atoms with Crippen molar-refractivity contribution in [2.45, 2.75) is 24.3 Å².